The van der Waals surface area contributed by atoms with E-state index in [0.29, 0.717) is 36.8 Å². The number of aryl methyl sites for hydroxylation is 2. The zero-order valence-electron chi connectivity index (χ0n) is 18.7. The van der Waals surface area contributed by atoms with E-state index >= 15 is 0 Å². The van der Waals surface area contributed by atoms with Crippen molar-refractivity contribution in [2.45, 2.75) is 26.7 Å². The van der Waals surface area contributed by atoms with E-state index in [1.54, 1.807) is 32.4 Å². The predicted molar refractivity (Wildman–Crippen MR) is 122 cm³/mol. The molecular weight excluding hydrogens is 394 g/mol. The maximum Gasteiger partial charge on any atom is 0.238 e. The number of anilines is 2. The Bertz CT molecular complexity index is 936. The van der Waals surface area contributed by atoms with E-state index in [-0.39, 0.29) is 17.7 Å². The molecule has 0 unspecified atom stereocenters. The number of carbonyl (C=O) groups is 2. The van der Waals surface area contributed by atoms with Crippen LogP contribution in [0.4, 0.5) is 11.4 Å². The van der Waals surface area contributed by atoms with Gasteiger partial charge in [-0.3, -0.25) is 14.5 Å². The van der Waals surface area contributed by atoms with Gasteiger partial charge >= 0.3 is 0 Å². The Morgan fingerprint density at radius 1 is 0.903 bits per heavy atom. The molecule has 2 aromatic rings. The monoisotopic (exact) mass is 425 g/mol. The number of methoxy groups -OCH3 is 2. The Morgan fingerprint density at radius 2 is 1.55 bits per heavy atom. The minimum absolute atomic E-state index is 0.0354. The van der Waals surface area contributed by atoms with E-state index < -0.39 is 0 Å². The standard InChI is InChI=1S/C24H31N3O4/c1-16-5-6-19(13-17(16)2)26-24(29)18-9-11-27(12-10-18)15-23(28)25-20-7-8-21(30-3)22(14-20)31-4/h5-8,13-14,18H,9-12,15H2,1-4H3,(H,25,28)(H,26,29). The van der Waals surface area contributed by atoms with Crippen molar-refractivity contribution >= 4 is 23.2 Å². The number of piperidine rings is 1. The number of nitrogens with zero attached hydrogens (tertiary/aromatic N) is 1. The molecular formula is C24H31N3O4. The number of hydrogen-bond donors (Lipinski definition) is 2. The quantitative estimate of drug-likeness (QED) is 0.708. The first kappa shape index (κ1) is 22.6. The molecule has 2 N–H and O–H groups in total. The second-order valence-corrected chi connectivity index (χ2v) is 7.96. The summed E-state index contributed by atoms with van der Waals surface area (Å²) in [6, 6.07) is 11.2. The van der Waals surface area contributed by atoms with Crippen LogP contribution in [-0.4, -0.2) is 50.6 Å². The van der Waals surface area contributed by atoms with Crippen molar-refractivity contribution in [2.75, 3.05) is 44.5 Å². The molecule has 0 radical (unpaired) electrons. The fraction of sp³-hybridized carbons (Fsp3) is 0.417. The summed E-state index contributed by atoms with van der Waals surface area (Å²) in [6.45, 7) is 5.81. The van der Waals surface area contributed by atoms with Gasteiger partial charge < -0.3 is 20.1 Å². The first-order chi connectivity index (χ1) is 14.9. The molecule has 1 aliphatic heterocycles. The lowest BCUT2D eigenvalue weighted by molar-refractivity contribution is -0.121. The van der Waals surface area contributed by atoms with Gasteiger partial charge in [0.25, 0.3) is 0 Å². The van der Waals surface area contributed by atoms with Crippen molar-refractivity contribution in [3.05, 3.63) is 47.5 Å². The van der Waals surface area contributed by atoms with Gasteiger partial charge in [-0.15, -0.1) is 0 Å². The molecule has 0 atom stereocenters. The van der Waals surface area contributed by atoms with Gasteiger partial charge in [-0.25, -0.2) is 0 Å². The Labute approximate surface area is 183 Å². The van der Waals surface area contributed by atoms with Gasteiger partial charge in [-0.2, -0.15) is 0 Å². The first-order valence-electron chi connectivity index (χ1n) is 10.5. The summed E-state index contributed by atoms with van der Waals surface area (Å²) in [5.41, 5.74) is 3.86. The van der Waals surface area contributed by atoms with Gasteiger partial charge in [0.2, 0.25) is 11.8 Å². The van der Waals surface area contributed by atoms with Crippen LogP contribution in [-0.2, 0) is 9.59 Å². The number of benzene rings is 2. The van der Waals surface area contributed by atoms with E-state index in [4.69, 9.17) is 9.47 Å². The fourth-order valence-electron chi connectivity index (χ4n) is 3.73. The summed E-state index contributed by atoms with van der Waals surface area (Å²) in [5, 5.41) is 5.93. The normalized spacial score (nSPS) is 14.7. The van der Waals surface area contributed by atoms with Crippen molar-refractivity contribution in [1.82, 2.24) is 4.90 Å². The smallest absolute Gasteiger partial charge is 0.238 e. The SMILES string of the molecule is COc1ccc(NC(=O)CN2CCC(C(=O)Nc3ccc(C)c(C)c3)CC2)cc1OC. The minimum atomic E-state index is -0.0924. The van der Waals surface area contributed by atoms with Crippen LogP contribution < -0.4 is 20.1 Å². The van der Waals surface area contributed by atoms with E-state index in [1.807, 2.05) is 25.1 Å². The van der Waals surface area contributed by atoms with Crippen molar-refractivity contribution < 1.29 is 19.1 Å². The van der Waals surface area contributed by atoms with Gasteiger partial charge in [-0.1, -0.05) is 6.07 Å². The number of amides is 2. The largest absolute Gasteiger partial charge is 0.493 e. The highest BCUT2D eigenvalue weighted by Gasteiger charge is 2.26. The van der Waals surface area contributed by atoms with Crippen LogP contribution in [0.1, 0.15) is 24.0 Å². The summed E-state index contributed by atoms with van der Waals surface area (Å²) in [7, 11) is 3.13. The van der Waals surface area contributed by atoms with Gasteiger partial charge in [0.1, 0.15) is 0 Å². The Hall–Kier alpha value is -3.06. The third-order valence-electron chi connectivity index (χ3n) is 5.77. The van der Waals surface area contributed by atoms with Gasteiger partial charge in [0.05, 0.1) is 20.8 Å². The van der Waals surface area contributed by atoms with Crippen molar-refractivity contribution in [2.24, 2.45) is 5.92 Å². The summed E-state index contributed by atoms with van der Waals surface area (Å²) in [4.78, 5) is 27.1. The summed E-state index contributed by atoms with van der Waals surface area (Å²) in [5.74, 6) is 1.10. The van der Waals surface area contributed by atoms with Crippen LogP contribution in [0, 0.1) is 19.8 Å². The highest BCUT2D eigenvalue weighted by molar-refractivity contribution is 5.93. The molecule has 3 rings (SSSR count). The van der Waals surface area contributed by atoms with Crippen LogP contribution in [0.25, 0.3) is 0 Å². The highest BCUT2D eigenvalue weighted by Crippen LogP contribution is 2.29. The zero-order valence-corrected chi connectivity index (χ0v) is 18.7. The van der Waals surface area contributed by atoms with Crippen molar-refractivity contribution in [1.29, 1.82) is 0 Å². The number of ether oxygens (including phenoxy) is 2. The van der Waals surface area contributed by atoms with E-state index in [9.17, 15) is 9.59 Å². The van der Waals surface area contributed by atoms with Crippen LogP contribution in [0.2, 0.25) is 0 Å². The molecule has 1 aliphatic rings. The molecule has 0 saturated carbocycles. The summed E-state index contributed by atoms with van der Waals surface area (Å²) < 4.78 is 10.5. The molecule has 2 aromatic carbocycles. The van der Waals surface area contributed by atoms with E-state index in [2.05, 4.69) is 22.5 Å². The minimum Gasteiger partial charge on any atom is -0.493 e. The van der Waals surface area contributed by atoms with Gasteiger partial charge in [-0.05, 0) is 75.2 Å². The summed E-state index contributed by atoms with van der Waals surface area (Å²) >= 11 is 0. The molecule has 0 spiro atoms. The van der Waals surface area contributed by atoms with Crippen LogP contribution >= 0.6 is 0 Å². The third-order valence-corrected chi connectivity index (χ3v) is 5.77. The first-order valence-corrected chi connectivity index (χ1v) is 10.5. The molecule has 2 amide bonds. The highest BCUT2D eigenvalue weighted by atomic mass is 16.5. The molecule has 7 heteroatoms. The maximum atomic E-state index is 12.6. The van der Waals surface area contributed by atoms with Crippen molar-refractivity contribution in [3.63, 3.8) is 0 Å². The second kappa shape index (κ2) is 10.3. The number of rotatable bonds is 7. The predicted octanol–water partition coefficient (Wildman–Crippen LogP) is 3.61. The van der Waals surface area contributed by atoms with Gasteiger partial charge in [0, 0.05) is 23.4 Å². The maximum absolute atomic E-state index is 12.6. The van der Waals surface area contributed by atoms with Crippen LogP contribution in [0.5, 0.6) is 11.5 Å². The van der Waals surface area contributed by atoms with E-state index in [0.717, 1.165) is 24.1 Å². The molecule has 0 aliphatic carbocycles. The number of carbonyl (C=O) groups excluding carboxylic acids is 2. The molecule has 1 fully saturated rings. The van der Waals surface area contributed by atoms with E-state index in [1.165, 1.54) is 5.56 Å². The third kappa shape index (κ3) is 5.98. The summed E-state index contributed by atoms with van der Waals surface area (Å²) in [6.07, 6.45) is 1.47. The molecule has 7 nitrogen and oxygen atoms in total. The average molecular weight is 426 g/mol. The number of likely N-dealkylation sites (tertiary alicyclic amines) is 1. The lowest BCUT2D eigenvalue weighted by Gasteiger charge is -2.30. The van der Waals surface area contributed by atoms with Crippen molar-refractivity contribution in [3.8, 4) is 11.5 Å². The lowest BCUT2D eigenvalue weighted by Crippen LogP contribution is -2.41. The van der Waals surface area contributed by atoms with Crippen LogP contribution in [0.15, 0.2) is 36.4 Å². The molecule has 0 bridgehead atoms. The van der Waals surface area contributed by atoms with Gasteiger partial charge in [0.15, 0.2) is 11.5 Å². The lowest BCUT2D eigenvalue weighted by atomic mass is 9.95. The zero-order chi connectivity index (χ0) is 22.4. The second-order valence-electron chi connectivity index (χ2n) is 7.96. The fourth-order valence-corrected chi connectivity index (χ4v) is 3.73. The Morgan fingerprint density at radius 3 is 2.19 bits per heavy atom. The number of nitrogens with one attached hydrogen (secondary N) is 2. The molecule has 166 valence electrons. The molecule has 0 aromatic heterocycles. The average Bonchev–Trinajstić information content (AvgIpc) is 2.76. The van der Waals surface area contributed by atoms with Crippen LogP contribution in [0.3, 0.4) is 0 Å². The molecule has 1 saturated heterocycles. The number of hydrogen-bond acceptors (Lipinski definition) is 5. The topological polar surface area (TPSA) is 79.9 Å². The molecule has 1 heterocycles. The molecule has 31 heavy (non-hydrogen) atoms. The Balaban J connectivity index is 1.46. The Kier molecular flexibility index (Phi) is 7.52.